The minimum absolute atomic E-state index is 0.00930. The fourth-order valence-electron chi connectivity index (χ4n) is 3.65. The third-order valence-corrected chi connectivity index (χ3v) is 5.29. The Hall–Kier alpha value is -2.47. The van der Waals surface area contributed by atoms with Gasteiger partial charge in [-0.25, -0.2) is 4.79 Å². The van der Waals surface area contributed by atoms with Crippen molar-refractivity contribution in [2.45, 2.75) is 44.6 Å². The zero-order valence-electron chi connectivity index (χ0n) is 15.0. The van der Waals surface area contributed by atoms with Crippen LogP contribution in [0.25, 0.3) is 10.9 Å². The number of nitrogens with zero attached hydrogens (tertiary/aromatic N) is 1. The van der Waals surface area contributed by atoms with Gasteiger partial charge in [-0.15, -0.1) is 0 Å². The Morgan fingerprint density at radius 1 is 1.27 bits per heavy atom. The first kappa shape index (κ1) is 17.0. The molecule has 136 valence electrons. The first-order chi connectivity index (χ1) is 12.4. The van der Waals surface area contributed by atoms with Crippen LogP contribution in [-0.2, 0) is 9.53 Å². The van der Waals surface area contributed by atoms with Crippen molar-refractivity contribution < 1.29 is 19.4 Å². The van der Waals surface area contributed by atoms with E-state index >= 15 is 0 Å². The molecule has 0 spiro atoms. The number of rotatable bonds is 4. The Morgan fingerprint density at radius 3 is 2.65 bits per heavy atom. The first-order valence-corrected chi connectivity index (χ1v) is 8.95. The number of aryl methyl sites for hydroxylation is 2. The normalized spacial score (nSPS) is 22.5. The van der Waals surface area contributed by atoms with Crippen molar-refractivity contribution in [2.75, 3.05) is 13.2 Å². The van der Waals surface area contributed by atoms with Gasteiger partial charge in [-0.05, 0) is 44.4 Å². The molecule has 4 rings (SSSR count). The number of benzene rings is 1. The van der Waals surface area contributed by atoms with Crippen LogP contribution in [0.3, 0.4) is 0 Å². The molecule has 1 saturated carbocycles. The third kappa shape index (κ3) is 2.84. The zero-order chi connectivity index (χ0) is 18.5. The molecule has 2 N–H and O–H groups in total. The Bertz CT molecular complexity index is 912. The van der Waals surface area contributed by atoms with E-state index in [1.165, 1.54) is 0 Å². The summed E-state index contributed by atoms with van der Waals surface area (Å²) in [5.74, 6) is -1.04. The number of hydrogen-bond acceptors (Lipinski definition) is 4. The number of carboxylic acids is 1. The number of nitrogens with one attached hydrogen (secondary N) is 1. The van der Waals surface area contributed by atoms with Crippen LogP contribution in [0.15, 0.2) is 18.2 Å². The Morgan fingerprint density at radius 2 is 2.04 bits per heavy atom. The average molecular weight is 354 g/mol. The summed E-state index contributed by atoms with van der Waals surface area (Å²) in [4.78, 5) is 29.6. The van der Waals surface area contributed by atoms with Gasteiger partial charge >= 0.3 is 5.97 Å². The summed E-state index contributed by atoms with van der Waals surface area (Å²) in [6.45, 7) is 4.29. The largest absolute Gasteiger partial charge is 0.479 e. The van der Waals surface area contributed by atoms with Gasteiger partial charge in [-0.2, -0.15) is 0 Å². The lowest BCUT2D eigenvalue weighted by Crippen LogP contribution is -2.55. The van der Waals surface area contributed by atoms with Crippen LogP contribution in [0, 0.1) is 13.8 Å². The van der Waals surface area contributed by atoms with Crippen LogP contribution in [0.5, 0.6) is 0 Å². The van der Waals surface area contributed by atoms with E-state index in [-0.39, 0.29) is 18.9 Å². The topological polar surface area (TPSA) is 88.5 Å². The van der Waals surface area contributed by atoms with Gasteiger partial charge in [0.25, 0.3) is 5.91 Å². The summed E-state index contributed by atoms with van der Waals surface area (Å²) in [6.07, 6.45) is 2.43. The molecule has 0 radical (unpaired) electrons. The average Bonchev–Trinajstić information content (AvgIpc) is 3.33. The molecular formula is C20H22N2O4. The van der Waals surface area contributed by atoms with Crippen LogP contribution >= 0.6 is 0 Å². The number of ether oxygens (including phenoxy) is 1. The number of carbonyl (C=O) groups is 2. The molecule has 1 aliphatic heterocycles. The lowest BCUT2D eigenvalue weighted by atomic mass is 9.96. The molecule has 2 heterocycles. The first-order valence-electron chi connectivity index (χ1n) is 8.95. The van der Waals surface area contributed by atoms with E-state index in [0.29, 0.717) is 18.1 Å². The van der Waals surface area contributed by atoms with Crippen molar-refractivity contribution in [3.63, 3.8) is 0 Å². The molecule has 1 aromatic heterocycles. The highest BCUT2D eigenvalue weighted by Gasteiger charge is 2.44. The summed E-state index contributed by atoms with van der Waals surface area (Å²) in [6, 6.07) is 5.83. The number of aromatic nitrogens is 1. The SMILES string of the molecule is Cc1cc(C)c2nc(C3CC3)cc(C(=O)NC3(C(=O)O)CCOC3)c2c1. The highest BCUT2D eigenvalue weighted by atomic mass is 16.5. The van der Waals surface area contributed by atoms with Gasteiger partial charge in [0.2, 0.25) is 0 Å². The van der Waals surface area contributed by atoms with Crippen LogP contribution in [0.4, 0.5) is 0 Å². The number of hydrogen-bond donors (Lipinski definition) is 2. The number of carboxylic acid groups (broad SMARTS) is 1. The molecule has 26 heavy (non-hydrogen) atoms. The van der Waals surface area contributed by atoms with E-state index in [2.05, 4.69) is 11.4 Å². The van der Waals surface area contributed by atoms with Crippen LogP contribution in [-0.4, -0.2) is 40.7 Å². The molecule has 1 atom stereocenters. The quantitative estimate of drug-likeness (QED) is 0.881. The molecule has 2 fully saturated rings. The molecule has 0 bridgehead atoms. The molecule has 6 heteroatoms. The molecule has 2 aromatic rings. The molecule has 6 nitrogen and oxygen atoms in total. The second-order valence-electron chi connectivity index (χ2n) is 7.49. The van der Waals surface area contributed by atoms with Crippen LogP contribution in [0.1, 0.15) is 52.4 Å². The molecule has 1 amide bonds. The predicted molar refractivity (Wildman–Crippen MR) is 96.5 cm³/mol. The summed E-state index contributed by atoms with van der Waals surface area (Å²) in [7, 11) is 0. The van der Waals surface area contributed by atoms with E-state index in [4.69, 9.17) is 9.72 Å². The van der Waals surface area contributed by atoms with Crippen molar-refractivity contribution in [3.8, 4) is 0 Å². The minimum atomic E-state index is -1.36. The molecule has 1 aliphatic carbocycles. The van der Waals surface area contributed by atoms with Gasteiger partial charge in [-0.3, -0.25) is 9.78 Å². The standard InChI is InChI=1S/C20H22N2O4/c1-11-7-12(2)17-14(8-11)15(9-16(21-17)13-3-4-13)18(23)22-20(19(24)25)5-6-26-10-20/h7-9,13H,3-6,10H2,1-2H3,(H,22,23)(H,24,25). The van der Waals surface area contributed by atoms with Gasteiger partial charge in [0, 0.05) is 30.0 Å². The van der Waals surface area contributed by atoms with Crippen molar-refractivity contribution in [3.05, 3.63) is 40.6 Å². The minimum Gasteiger partial charge on any atom is -0.479 e. The lowest BCUT2D eigenvalue weighted by molar-refractivity contribution is -0.144. The molecule has 2 aliphatic rings. The Balaban J connectivity index is 1.81. The summed E-state index contributed by atoms with van der Waals surface area (Å²) >= 11 is 0. The van der Waals surface area contributed by atoms with Gasteiger partial charge in [-0.1, -0.05) is 11.6 Å². The van der Waals surface area contributed by atoms with Crippen molar-refractivity contribution in [1.82, 2.24) is 10.3 Å². The van der Waals surface area contributed by atoms with Gasteiger partial charge < -0.3 is 15.2 Å². The van der Waals surface area contributed by atoms with Gasteiger partial charge in [0.15, 0.2) is 5.54 Å². The highest BCUT2D eigenvalue weighted by Crippen LogP contribution is 2.40. The summed E-state index contributed by atoms with van der Waals surface area (Å²) in [5, 5.41) is 13.1. The number of carbonyl (C=O) groups excluding carboxylic acids is 1. The van der Waals surface area contributed by atoms with Crippen molar-refractivity contribution >= 4 is 22.8 Å². The summed E-state index contributed by atoms with van der Waals surface area (Å²) < 4.78 is 5.25. The Labute approximate surface area is 151 Å². The number of amides is 1. The second-order valence-corrected chi connectivity index (χ2v) is 7.49. The van der Waals surface area contributed by atoms with Crippen molar-refractivity contribution in [1.29, 1.82) is 0 Å². The van der Waals surface area contributed by atoms with Crippen LogP contribution in [0.2, 0.25) is 0 Å². The van der Waals surface area contributed by atoms with Gasteiger partial charge in [0.1, 0.15) is 0 Å². The maximum absolute atomic E-state index is 13.1. The molecule has 1 saturated heterocycles. The summed E-state index contributed by atoms with van der Waals surface area (Å²) in [5.41, 5.74) is 2.94. The fraction of sp³-hybridized carbons (Fsp3) is 0.450. The third-order valence-electron chi connectivity index (χ3n) is 5.29. The molecule has 1 aromatic carbocycles. The maximum Gasteiger partial charge on any atom is 0.331 e. The Kier molecular flexibility index (Phi) is 3.95. The van der Waals surface area contributed by atoms with E-state index in [9.17, 15) is 14.7 Å². The van der Waals surface area contributed by atoms with Gasteiger partial charge in [0.05, 0.1) is 17.7 Å². The van der Waals surface area contributed by atoms with E-state index < -0.39 is 11.5 Å². The zero-order valence-corrected chi connectivity index (χ0v) is 15.0. The van der Waals surface area contributed by atoms with E-state index in [0.717, 1.165) is 40.6 Å². The fourth-order valence-corrected chi connectivity index (χ4v) is 3.65. The second kappa shape index (κ2) is 6.06. The number of pyridine rings is 1. The molecule has 1 unspecified atom stereocenters. The van der Waals surface area contributed by atoms with E-state index in [1.807, 2.05) is 26.0 Å². The number of fused-ring (bicyclic) bond motifs is 1. The highest BCUT2D eigenvalue weighted by molar-refractivity contribution is 6.08. The smallest absolute Gasteiger partial charge is 0.331 e. The van der Waals surface area contributed by atoms with Crippen molar-refractivity contribution in [2.24, 2.45) is 0 Å². The lowest BCUT2D eigenvalue weighted by Gasteiger charge is -2.24. The maximum atomic E-state index is 13.1. The monoisotopic (exact) mass is 354 g/mol. The van der Waals surface area contributed by atoms with E-state index in [1.54, 1.807) is 0 Å². The number of aliphatic carboxylic acids is 1. The molecular weight excluding hydrogens is 332 g/mol. The predicted octanol–water partition coefficient (Wildman–Crippen LogP) is 2.70. The van der Waals surface area contributed by atoms with Crippen LogP contribution < -0.4 is 5.32 Å².